The molecule has 24 heavy (non-hydrogen) atoms. The first-order valence-electron chi connectivity index (χ1n) is 8.91. The minimum atomic E-state index is 0.696. The van der Waals surface area contributed by atoms with Crippen molar-refractivity contribution in [3.05, 3.63) is 23.9 Å². The van der Waals surface area contributed by atoms with Gasteiger partial charge in [-0.25, -0.2) is 4.98 Å². The number of guanidine groups is 1. The Morgan fingerprint density at radius 1 is 1.21 bits per heavy atom. The summed E-state index contributed by atoms with van der Waals surface area (Å²) in [5, 5.41) is 6.69. The third-order valence-electron chi connectivity index (χ3n) is 4.33. The Kier molecular flexibility index (Phi) is 7.31. The van der Waals surface area contributed by atoms with Crippen molar-refractivity contribution in [1.82, 2.24) is 20.5 Å². The Bertz CT molecular complexity index is 503. The number of piperazine rings is 1. The van der Waals surface area contributed by atoms with Gasteiger partial charge in [-0.05, 0) is 31.0 Å². The van der Waals surface area contributed by atoms with Crippen LogP contribution in [-0.4, -0.2) is 62.7 Å². The van der Waals surface area contributed by atoms with E-state index < -0.39 is 0 Å². The highest BCUT2D eigenvalue weighted by atomic mass is 15.3. The molecule has 1 aliphatic rings. The molecule has 1 aliphatic heterocycles. The summed E-state index contributed by atoms with van der Waals surface area (Å²) in [6.07, 6.45) is 3.10. The number of aromatic nitrogens is 1. The third kappa shape index (κ3) is 6.00. The number of hydrogen-bond donors (Lipinski definition) is 2. The molecule has 0 radical (unpaired) electrons. The van der Waals surface area contributed by atoms with Gasteiger partial charge < -0.3 is 20.4 Å². The summed E-state index contributed by atoms with van der Waals surface area (Å²) in [5.74, 6) is 2.62. The van der Waals surface area contributed by atoms with E-state index in [1.165, 1.54) is 5.56 Å². The van der Waals surface area contributed by atoms with Crippen LogP contribution in [-0.2, 0) is 6.54 Å². The second-order valence-corrected chi connectivity index (χ2v) is 6.85. The molecular formula is C18H32N6. The monoisotopic (exact) mass is 332 g/mol. The molecule has 0 amide bonds. The van der Waals surface area contributed by atoms with Crippen molar-refractivity contribution >= 4 is 11.8 Å². The number of nitrogens with zero attached hydrogens (tertiary/aromatic N) is 4. The minimum Gasteiger partial charge on any atom is -0.356 e. The number of hydrogen-bond acceptors (Lipinski definition) is 4. The average Bonchev–Trinajstić information content (AvgIpc) is 2.59. The largest absolute Gasteiger partial charge is 0.356 e. The molecule has 2 N–H and O–H groups in total. The van der Waals surface area contributed by atoms with Gasteiger partial charge in [-0.3, -0.25) is 4.99 Å². The van der Waals surface area contributed by atoms with Crippen LogP contribution in [0.4, 0.5) is 5.82 Å². The second kappa shape index (κ2) is 9.47. The van der Waals surface area contributed by atoms with Crippen LogP contribution < -0.4 is 15.5 Å². The van der Waals surface area contributed by atoms with E-state index in [1.54, 1.807) is 7.05 Å². The fourth-order valence-corrected chi connectivity index (χ4v) is 2.63. The number of rotatable bonds is 6. The van der Waals surface area contributed by atoms with E-state index in [9.17, 15) is 0 Å². The lowest BCUT2D eigenvalue weighted by Gasteiger charge is -2.33. The van der Waals surface area contributed by atoms with E-state index in [0.29, 0.717) is 5.92 Å². The van der Waals surface area contributed by atoms with Crippen LogP contribution >= 0.6 is 0 Å². The van der Waals surface area contributed by atoms with Crippen LogP contribution in [0.3, 0.4) is 0 Å². The maximum absolute atomic E-state index is 4.62. The van der Waals surface area contributed by atoms with Crippen LogP contribution in [0.15, 0.2) is 23.3 Å². The molecule has 1 aromatic rings. The van der Waals surface area contributed by atoms with E-state index in [4.69, 9.17) is 0 Å². The maximum Gasteiger partial charge on any atom is 0.191 e. The molecule has 2 rings (SSSR count). The van der Waals surface area contributed by atoms with E-state index in [2.05, 4.69) is 63.4 Å². The Labute approximate surface area is 146 Å². The minimum absolute atomic E-state index is 0.696. The van der Waals surface area contributed by atoms with Crippen molar-refractivity contribution in [2.45, 2.75) is 26.8 Å². The summed E-state index contributed by atoms with van der Waals surface area (Å²) in [4.78, 5) is 13.6. The van der Waals surface area contributed by atoms with Crippen molar-refractivity contribution in [1.29, 1.82) is 0 Å². The van der Waals surface area contributed by atoms with Crippen molar-refractivity contribution in [3.8, 4) is 0 Å². The molecule has 2 heterocycles. The van der Waals surface area contributed by atoms with Crippen LogP contribution in [0.1, 0.15) is 25.8 Å². The first kappa shape index (κ1) is 18.5. The normalized spacial score (nSPS) is 16.5. The highest BCUT2D eigenvalue weighted by Gasteiger charge is 2.14. The van der Waals surface area contributed by atoms with Crippen molar-refractivity contribution < 1.29 is 0 Å². The second-order valence-electron chi connectivity index (χ2n) is 6.85. The Balaban J connectivity index is 1.78. The average molecular weight is 332 g/mol. The fraction of sp³-hybridized carbons (Fsp3) is 0.667. The Hall–Kier alpha value is -1.82. The molecule has 0 aromatic carbocycles. The molecule has 134 valence electrons. The summed E-state index contributed by atoms with van der Waals surface area (Å²) in [6.45, 7) is 10.4. The highest BCUT2D eigenvalue weighted by Crippen LogP contribution is 2.13. The van der Waals surface area contributed by atoms with E-state index >= 15 is 0 Å². The molecule has 0 unspecified atom stereocenters. The van der Waals surface area contributed by atoms with Gasteiger partial charge in [0.1, 0.15) is 5.82 Å². The number of nitrogens with one attached hydrogen (secondary N) is 2. The van der Waals surface area contributed by atoms with Crippen molar-refractivity contribution in [2.75, 3.05) is 51.7 Å². The molecular weight excluding hydrogens is 300 g/mol. The van der Waals surface area contributed by atoms with Gasteiger partial charge in [0, 0.05) is 52.5 Å². The summed E-state index contributed by atoms with van der Waals surface area (Å²) in [6, 6.07) is 4.27. The van der Waals surface area contributed by atoms with Crippen molar-refractivity contribution in [2.24, 2.45) is 10.9 Å². The smallest absolute Gasteiger partial charge is 0.191 e. The van der Waals surface area contributed by atoms with Gasteiger partial charge in [-0.15, -0.1) is 0 Å². The van der Waals surface area contributed by atoms with Crippen LogP contribution in [0.25, 0.3) is 0 Å². The van der Waals surface area contributed by atoms with Gasteiger partial charge in [0.25, 0.3) is 0 Å². The number of pyridine rings is 1. The molecule has 1 fully saturated rings. The molecule has 0 aliphatic carbocycles. The van der Waals surface area contributed by atoms with Crippen LogP contribution in [0.2, 0.25) is 0 Å². The Morgan fingerprint density at radius 3 is 2.54 bits per heavy atom. The molecule has 0 spiro atoms. The number of likely N-dealkylation sites (N-methyl/N-ethyl adjacent to an activating group) is 1. The van der Waals surface area contributed by atoms with Gasteiger partial charge in [0.2, 0.25) is 0 Å². The fourth-order valence-electron chi connectivity index (χ4n) is 2.63. The van der Waals surface area contributed by atoms with E-state index in [0.717, 1.165) is 57.5 Å². The lowest BCUT2D eigenvalue weighted by atomic mass is 10.1. The quantitative estimate of drug-likeness (QED) is 0.611. The maximum atomic E-state index is 4.62. The SMILES string of the molecule is CN=C(NCCC(C)C)NCc1ccc(N2CCN(C)CC2)nc1. The first-order valence-corrected chi connectivity index (χ1v) is 8.91. The predicted octanol–water partition coefficient (Wildman–Crippen LogP) is 1.54. The van der Waals surface area contributed by atoms with Crippen molar-refractivity contribution in [3.63, 3.8) is 0 Å². The summed E-state index contributed by atoms with van der Waals surface area (Å²) in [7, 11) is 3.97. The molecule has 6 heteroatoms. The lowest BCUT2D eigenvalue weighted by molar-refractivity contribution is 0.312. The Morgan fingerprint density at radius 2 is 1.96 bits per heavy atom. The number of aliphatic imine (C=N–C) groups is 1. The number of anilines is 1. The zero-order valence-electron chi connectivity index (χ0n) is 15.5. The molecule has 6 nitrogen and oxygen atoms in total. The standard InChI is InChI=1S/C18H32N6/c1-15(2)7-8-20-18(19-3)22-14-16-5-6-17(21-13-16)24-11-9-23(4)10-12-24/h5-6,13,15H,7-12,14H2,1-4H3,(H2,19,20,22). The van der Waals surface area contributed by atoms with E-state index in [-0.39, 0.29) is 0 Å². The van der Waals surface area contributed by atoms with Gasteiger partial charge in [0.05, 0.1) is 0 Å². The molecule has 0 saturated carbocycles. The molecule has 0 bridgehead atoms. The lowest BCUT2D eigenvalue weighted by Crippen LogP contribution is -2.44. The zero-order chi connectivity index (χ0) is 17.4. The summed E-state index contributed by atoms with van der Waals surface area (Å²) < 4.78 is 0. The highest BCUT2D eigenvalue weighted by molar-refractivity contribution is 5.79. The van der Waals surface area contributed by atoms with Gasteiger partial charge in [-0.1, -0.05) is 19.9 Å². The topological polar surface area (TPSA) is 55.8 Å². The van der Waals surface area contributed by atoms with Gasteiger partial charge >= 0.3 is 0 Å². The molecule has 1 saturated heterocycles. The van der Waals surface area contributed by atoms with Gasteiger partial charge in [-0.2, -0.15) is 0 Å². The third-order valence-corrected chi connectivity index (χ3v) is 4.33. The predicted molar refractivity (Wildman–Crippen MR) is 102 cm³/mol. The van der Waals surface area contributed by atoms with Crippen LogP contribution in [0, 0.1) is 5.92 Å². The molecule has 0 atom stereocenters. The van der Waals surface area contributed by atoms with Crippen LogP contribution in [0.5, 0.6) is 0 Å². The zero-order valence-corrected chi connectivity index (χ0v) is 15.5. The summed E-state index contributed by atoms with van der Waals surface area (Å²) in [5.41, 5.74) is 1.17. The first-order chi connectivity index (χ1) is 11.6. The summed E-state index contributed by atoms with van der Waals surface area (Å²) >= 11 is 0. The van der Waals surface area contributed by atoms with Gasteiger partial charge in [0.15, 0.2) is 5.96 Å². The molecule has 1 aromatic heterocycles. The van der Waals surface area contributed by atoms with E-state index in [1.807, 2.05) is 6.20 Å².